The molecule has 7 nitrogen and oxygen atoms in total. The molecule has 1 unspecified atom stereocenters. The van der Waals surface area contributed by atoms with Gasteiger partial charge in [0.1, 0.15) is 5.69 Å². The van der Waals surface area contributed by atoms with E-state index >= 15 is 0 Å². The summed E-state index contributed by atoms with van der Waals surface area (Å²) in [6.07, 6.45) is 0.407. The number of carbonyl (C=O) groups is 1. The summed E-state index contributed by atoms with van der Waals surface area (Å²) >= 11 is 0. The molecule has 0 radical (unpaired) electrons. The maximum Gasteiger partial charge on any atom is 0.271 e. The number of hydrogen-bond donors (Lipinski definition) is 2. The number of ether oxygens (including phenoxy) is 1. The summed E-state index contributed by atoms with van der Waals surface area (Å²) in [6.45, 7) is 2.10. The Morgan fingerprint density at radius 3 is 2.84 bits per heavy atom. The van der Waals surface area contributed by atoms with Crippen LogP contribution in [-0.4, -0.2) is 46.7 Å². The van der Waals surface area contributed by atoms with Gasteiger partial charge < -0.3 is 15.2 Å². The molecule has 106 valence electrons. The van der Waals surface area contributed by atoms with Gasteiger partial charge in [0.25, 0.3) is 11.5 Å². The Balaban J connectivity index is 2.60. The lowest BCUT2D eigenvalue weighted by atomic mass is 10.0. The first-order valence-electron chi connectivity index (χ1n) is 5.89. The van der Waals surface area contributed by atoms with Crippen LogP contribution in [0, 0.1) is 0 Å². The van der Waals surface area contributed by atoms with Gasteiger partial charge in [-0.2, -0.15) is 5.10 Å². The van der Waals surface area contributed by atoms with Crippen LogP contribution >= 0.6 is 0 Å². The third-order valence-corrected chi connectivity index (χ3v) is 2.67. The largest absolute Gasteiger partial charge is 0.388 e. The van der Waals surface area contributed by atoms with Gasteiger partial charge in [-0.25, -0.2) is 4.68 Å². The van der Waals surface area contributed by atoms with E-state index in [-0.39, 0.29) is 17.8 Å². The quantitative estimate of drug-likeness (QED) is 0.712. The van der Waals surface area contributed by atoms with Crippen molar-refractivity contribution in [2.45, 2.75) is 18.9 Å². The van der Waals surface area contributed by atoms with Crippen molar-refractivity contribution in [1.82, 2.24) is 15.1 Å². The Hall–Kier alpha value is -1.73. The highest BCUT2D eigenvalue weighted by Gasteiger charge is 2.21. The number of aliphatic hydroxyl groups is 1. The highest BCUT2D eigenvalue weighted by atomic mass is 16.5. The van der Waals surface area contributed by atoms with Gasteiger partial charge in [-0.05, 0) is 13.0 Å². The standard InChI is InChI=1S/C12H19N3O4/c1-12(18,6-7-19-3)8-13-11(17)9-4-5-10(16)15(2)14-9/h4-5,18H,6-8H2,1-3H3,(H,13,17). The van der Waals surface area contributed by atoms with Crippen molar-refractivity contribution in [3.05, 3.63) is 28.2 Å². The number of methoxy groups -OCH3 is 1. The molecule has 0 aliphatic heterocycles. The van der Waals surface area contributed by atoms with Gasteiger partial charge >= 0.3 is 0 Å². The van der Waals surface area contributed by atoms with E-state index in [0.29, 0.717) is 13.0 Å². The maximum atomic E-state index is 11.8. The van der Waals surface area contributed by atoms with Crippen LogP contribution in [0.15, 0.2) is 16.9 Å². The maximum absolute atomic E-state index is 11.8. The fourth-order valence-electron chi connectivity index (χ4n) is 1.39. The zero-order chi connectivity index (χ0) is 14.5. The summed E-state index contributed by atoms with van der Waals surface area (Å²) in [6, 6.07) is 2.62. The average Bonchev–Trinajstić information content (AvgIpc) is 2.37. The third kappa shape index (κ3) is 4.80. The molecule has 0 aromatic carbocycles. The van der Waals surface area contributed by atoms with Crippen molar-refractivity contribution >= 4 is 5.91 Å². The lowest BCUT2D eigenvalue weighted by Gasteiger charge is -2.23. The molecule has 0 fully saturated rings. The van der Waals surface area contributed by atoms with E-state index in [0.717, 1.165) is 4.68 Å². The molecule has 0 saturated carbocycles. The average molecular weight is 269 g/mol. The first-order valence-corrected chi connectivity index (χ1v) is 5.89. The van der Waals surface area contributed by atoms with E-state index in [1.165, 1.54) is 19.2 Å². The number of rotatable bonds is 6. The number of hydrogen-bond acceptors (Lipinski definition) is 5. The normalized spacial score (nSPS) is 13.9. The molecule has 19 heavy (non-hydrogen) atoms. The van der Waals surface area contributed by atoms with Crippen molar-refractivity contribution < 1.29 is 14.6 Å². The molecule has 1 aromatic rings. The van der Waals surface area contributed by atoms with E-state index in [9.17, 15) is 14.7 Å². The molecule has 0 spiro atoms. The van der Waals surface area contributed by atoms with Crippen LogP contribution in [-0.2, 0) is 11.8 Å². The number of nitrogens with one attached hydrogen (secondary N) is 1. The Morgan fingerprint density at radius 2 is 2.26 bits per heavy atom. The molecule has 0 aliphatic carbocycles. The summed E-state index contributed by atoms with van der Waals surface area (Å²) in [5.74, 6) is -0.437. The number of carbonyl (C=O) groups excluding carboxylic acids is 1. The Bertz CT molecular complexity index is 496. The number of aryl methyl sites for hydroxylation is 1. The minimum atomic E-state index is -1.05. The van der Waals surface area contributed by atoms with E-state index in [1.54, 1.807) is 14.0 Å². The topological polar surface area (TPSA) is 93.5 Å². The van der Waals surface area contributed by atoms with Crippen LogP contribution < -0.4 is 10.9 Å². The zero-order valence-corrected chi connectivity index (χ0v) is 11.3. The molecule has 1 heterocycles. The van der Waals surface area contributed by atoms with Crippen molar-refractivity contribution in [3.8, 4) is 0 Å². The van der Waals surface area contributed by atoms with E-state index in [1.807, 2.05) is 0 Å². The van der Waals surface area contributed by atoms with Gasteiger partial charge in [-0.15, -0.1) is 0 Å². The Labute approximate surface area is 111 Å². The molecular formula is C12H19N3O4. The van der Waals surface area contributed by atoms with Crippen molar-refractivity contribution in [2.75, 3.05) is 20.3 Å². The molecule has 1 rings (SSSR count). The molecule has 0 saturated heterocycles. The molecule has 1 amide bonds. The number of nitrogens with zero attached hydrogens (tertiary/aromatic N) is 2. The predicted molar refractivity (Wildman–Crippen MR) is 68.9 cm³/mol. The molecule has 1 aromatic heterocycles. The molecule has 1 atom stereocenters. The van der Waals surface area contributed by atoms with Crippen molar-refractivity contribution in [1.29, 1.82) is 0 Å². The predicted octanol–water partition coefficient (Wildman–Crippen LogP) is -0.702. The van der Waals surface area contributed by atoms with Gasteiger partial charge in [-0.1, -0.05) is 0 Å². The lowest BCUT2D eigenvalue weighted by Crippen LogP contribution is -2.42. The summed E-state index contributed by atoms with van der Waals surface area (Å²) < 4.78 is 5.96. The van der Waals surface area contributed by atoms with Gasteiger partial charge in [-0.3, -0.25) is 9.59 Å². The summed E-state index contributed by atoms with van der Waals surface area (Å²) in [5.41, 5.74) is -1.21. The van der Waals surface area contributed by atoms with Crippen molar-refractivity contribution in [3.63, 3.8) is 0 Å². The zero-order valence-electron chi connectivity index (χ0n) is 11.3. The SMILES string of the molecule is COCCC(C)(O)CNC(=O)c1ccc(=O)n(C)n1. The summed E-state index contributed by atoms with van der Waals surface area (Å²) in [4.78, 5) is 22.9. The molecule has 0 aliphatic rings. The van der Waals surface area contributed by atoms with Crippen LogP contribution in [0.5, 0.6) is 0 Å². The van der Waals surface area contributed by atoms with Crippen LogP contribution in [0.25, 0.3) is 0 Å². The molecular weight excluding hydrogens is 250 g/mol. The summed E-state index contributed by atoms with van der Waals surface area (Å²) in [5, 5.41) is 16.4. The Kier molecular flexibility index (Phi) is 5.20. The molecule has 2 N–H and O–H groups in total. The van der Waals surface area contributed by atoms with E-state index in [2.05, 4.69) is 10.4 Å². The molecule has 0 bridgehead atoms. The first kappa shape index (κ1) is 15.3. The van der Waals surface area contributed by atoms with Crippen LogP contribution in [0.4, 0.5) is 0 Å². The number of aromatic nitrogens is 2. The van der Waals surface area contributed by atoms with E-state index < -0.39 is 11.5 Å². The first-order chi connectivity index (χ1) is 8.85. The number of amides is 1. The molecule has 7 heteroatoms. The third-order valence-electron chi connectivity index (χ3n) is 2.67. The van der Waals surface area contributed by atoms with Crippen molar-refractivity contribution in [2.24, 2.45) is 7.05 Å². The second-order valence-electron chi connectivity index (χ2n) is 4.60. The van der Waals surface area contributed by atoms with Crippen LogP contribution in [0.2, 0.25) is 0 Å². The fourth-order valence-corrected chi connectivity index (χ4v) is 1.39. The second-order valence-corrected chi connectivity index (χ2v) is 4.60. The smallest absolute Gasteiger partial charge is 0.271 e. The highest BCUT2D eigenvalue weighted by molar-refractivity contribution is 5.92. The Morgan fingerprint density at radius 1 is 1.58 bits per heavy atom. The second kappa shape index (κ2) is 6.44. The van der Waals surface area contributed by atoms with Gasteiger partial charge in [0.15, 0.2) is 0 Å². The van der Waals surface area contributed by atoms with Crippen LogP contribution in [0.3, 0.4) is 0 Å². The monoisotopic (exact) mass is 269 g/mol. The summed E-state index contributed by atoms with van der Waals surface area (Å²) in [7, 11) is 3.01. The van der Waals surface area contributed by atoms with Gasteiger partial charge in [0.2, 0.25) is 0 Å². The van der Waals surface area contributed by atoms with Gasteiger partial charge in [0.05, 0.1) is 5.60 Å². The van der Waals surface area contributed by atoms with Crippen LogP contribution in [0.1, 0.15) is 23.8 Å². The fraction of sp³-hybridized carbons (Fsp3) is 0.583. The minimum Gasteiger partial charge on any atom is -0.388 e. The van der Waals surface area contributed by atoms with Gasteiger partial charge in [0, 0.05) is 39.8 Å². The lowest BCUT2D eigenvalue weighted by molar-refractivity contribution is 0.0243. The highest BCUT2D eigenvalue weighted by Crippen LogP contribution is 2.07. The minimum absolute atomic E-state index is 0.0830. The van der Waals surface area contributed by atoms with E-state index in [4.69, 9.17) is 4.74 Å².